The SMILES string of the molecule is CC.COC(C)CCc1ccc(C)cc1. The van der Waals surface area contributed by atoms with Gasteiger partial charge in [0.1, 0.15) is 0 Å². The van der Waals surface area contributed by atoms with Crippen molar-refractivity contribution in [1.82, 2.24) is 0 Å². The van der Waals surface area contributed by atoms with Gasteiger partial charge in [-0.25, -0.2) is 0 Å². The molecule has 0 radical (unpaired) electrons. The minimum absolute atomic E-state index is 0.362. The first-order valence-electron chi connectivity index (χ1n) is 5.80. The van der Waals surface area contributed by atoms with E-state index < -0.39 is 0 Å². The van der Waals surface area contributed by atoms with Crippen LogP contribution in [0.1, 0.15) is 38.3 Å². The van der Waals surface area contributed by atoms with Crippen molar-refractivity contribution >= 4 is 0 Å². The van der Waals surface area contributed by atoms with Gasteiger partial charge in [-0.2, -0.15) is 0 Å². The minimum Gasteiger partial charge on any atom is -0.382 e. The van der Waals surface area contributed by atoms with E-state index in [0.29, 0.717) is 6.10 Å². The Morgan fingerprint density at radius 3 is 2.13 bits per heavy atom. The van der Waals surface area contributed by atoms with Crippen LogP contribution in [0.25, 0.3) is 0 Å². The molecule has 0 heterocycles. The van der Waals surface area contributed by atoms with Gasteiger partial charge in [-0.3, -0.25) is 0 Å². The van der Waals surface area contributed by atoms with Crippen LogP contribution in [0, 0.1) is 6.92 Å². The highest BCUT2D eigenvalue weighted by molar-refractivity contribution is 5.21. The fourth-order valence-electron chi connectivity index (χ4n) is 1.24. The third-order valence-electron chi connectivity index (χ3n) is 2.36. The first kappa shape index (κ1) is 14.2. The summed E-state index contributed by atoms with van der Waals surface area (Å²) >= 11 is 0. The van der Waals surface area contributed by atoms with E-state index >= 15 is 0 Å². The molecule has 0 aliphatic carbocycles. The van der Waals surface area contributed by atoms with Crippen LogP contribution >= 0.6 is 0 Å². The van der Waals surface area contributed by atoms with Gasteiger partial charge in [-0.1, -0.05) is 43.7 Å². The number of ether oxygens (including phenoxy) is 1. The summed E-state index contributed by atoms with van der Waals surface area (Å²) in [7, 11) is 1.76. The maximum absolute atomic E-state index is 5.20. The number of benzene rings is 1. The molecule has 0 aliphatic heterocycles. The summed E-state index contributed by atoms with van der Waals surface area (Å²) in [5.74, 6) is 0. The molecule has 1 aromatic rings. The Morgan fingerprint density at radius 2 is 1.67 bits per heavy atom. The van der Waals surface area contributed by atoms with Crippen molar-refractivity contribution in [3.63, 3.8) is 0 Å². The van der Waals surface area contributed by atoms with Gasteiger partial charge >= 0.3 is 0 Å². The molecule has 1 nitrogen and oxygen atoms in total. The second kappa shape index (κ2) is 8.49. The van der Waals surface area contributed by atoms with Gasteiger partial charge in [0.2, 0.25) is 0 Å². The Bertz CT molecular complexity index is 238. The van der Waals surface area contributed by atoms with Crippen molar-refractivity contribution in [2.75, 3.05) is 7.11 Å². The summed E-state index contributed by atoms with van der Waals surface area (Å²) in [6, 6.07) is 8.70. The van der Waals surface area contributed by atoms with Crippen LogP contribution in [0.3, 0.4) is 0 Å². The molecular formula is C14H24O. The third-order valence-corrected chi connectivity index (χ3v) is 2.36. The molecule has 0 saturated carbocycles. The second-order valence-corrected chi connectivity index (χ2v) is 3.57. The van der Waals surface area contributed by atoms with E-state index in [1.54, 1.807) is 7.11 Å². The smallest absolute Gasteiger partial charge is 0.0546 e. The first-order valence-corrected chi connectivity index (χ1v) is 5.80. The van der Waals surface area contributed by atoms with Crippen molar-refractivity contribution in [1.29, 1.82) is 0 Å². The fraction of sp³-hybridized carbons (Fsp3) is 0.571. The van der Waals surface area contributed by atoms with E-state index in [9.17, 15) is 0 Å². The number of hydrogen-bond acceptors (Lipinski definition) is 1. The Kier molecular flexibility index (Phi) is 8.02. The Hall–Kier alpha value is -0.820. The van der Waals surface area contributed by atoms with Crippen LogP contribution < -0.4 is 0 Å². The van der Waals surface area contributed by atoms with Crippen LogP contribution in [0.15, 0.2) is 24.3 Å². The van der Waals surface area contributed by atoms with Crippen molar-refractivity contribution < 1.29 is 4.74 Å². The van der Waals surface area contributed by atoms with Crippen molar-refractivity contribution in [3.8, 4) is 0 Å². The molecule has 0 fully saturated rings. The van der Waals surface area contributed by atoms with Gasteiger partial charge in [0.05, 0.1) is 6.10 Å². The highest BCUT2D eigenvalue weighted by Crippen LogP contribution is 2.08. The van der Waals surface area contributed by atoms with E-state index in [-0.39, 0.29) is 0 Å². The zero-order chi connectivity index (χ0) is 11.7. The predicted molar refractivity (Wildman–Crippen MR) is 67.3 cm³/mol. The maximum atomic E-state index is 5.20. The molecule has 0 aliphatic rings. The molecule has 1 heteroatoms. The van der Waals surface area contributed by atoms with Crippen LogP contribution in [-0.4, -0.2) is 13.2 Å². The molecule has 15 heavy (non-hydrogen) atoms. The van der Waals surface area contributed by atoms with E-state index in [1.807, 2.05) is 13.8 Å². The first-order chi connectivity index (χ1) is 7.22. The summed E-state index contributed by atoms with van der Waals surface area (Å²) in [6.45, 7) is 8.22. The predicted octanol–water partition coefficient (Wildman–Crippen LogP) is 3.99. The lowest BCUT2D eigenvalue weighted by Crippen LogP contribution is -2.05. The van der Waals surface area contributed by atoms with Crippen molar-refractivity contribution in [3.05, 3.63) is 35.4 Å². The summed E-state index contributed by atoms with van der Waals surface area (Å²) < 4.78 is 5.20. The Labute approximate surface area is 94.5 Å². The average molecular weight is 208 g/mol. The molecule has 0 spiro atoms. The van der Waals surface area contributed by atoms with Gasteiger partial charge in [0.25, 0.3) is 0 Å². The molecule has 86 valence electrons. The topological polar surface area (TPSA) is 9.23 Å². The lowest BCUT2D eigenvalue weighted by atomic mass is 10.1. The van der Waals surface area contributed by atoms with Gasteiger partial charge in [0, 0.05) is 7.11 Å². The molecule has 1 aromatic carbocycles. The molecule has 1 atom stereocenters. The maximum Gasteiger partial charge on any atom is 0.0546 e. The standard InChI is InChI=1S/C12H18O.C2H6/c1-10-4-7-12(8-5-10)9-6-11(2)13-3;1-2/h4-5,7-8,11H,6,9H2,1-3H3;1-2H3. The normalized spacial score (nSPS) is 11.5. The Balaban J connectivity index is 0.000000921. The number of aryl methyl sites for hydroxylation is 2. The van der Waals surface area contributed by atoms with Crippen LogP contribution in [-0.2, 0) is 11.2 Å². The second-order valence-electron chi connectivity index (χ2n) is 3.57. The van der Waals surface area contributed by atoms with E-state index in [4.69, 9.17) is 4.74 Å². The zero-order valence-corrected chi connectivity index (χ0v) is 10.7. The molecule has 0 bridgehead atoms. The quantitative estimate of drug-likeness (QED) is 0.727. The van der Waals surface area contributed by atoms with Crippen LogP contribution in [0.4, 0.5) is 0 Å². The van der Waals surface area contributed by atoms with Gasteiger partial charge in [-0.15, -0.1) is 0 Å². The van der Waals surface area contributed by atoms with E-state index in [1.165, 1.54) is 11.1 Å². The number of methoxy groups -OCH3 is 1. The fourth-order valence-corrected chi connectivity index (χ4v) is 1.24. The summed E-state index contributed by atoms with van der Waals surface area (Å²) in [4.78, 5) is 0. The van der Waals surface area contributed by atoms with Crippen LogP contribution in [0.2, 0.25) is 0 Å². The molecule has 0 amide bonds. The summed E-state index contributed by atoms with van der Waals surface area (Å²) in [5.41, 5.74) is 2.72. The van der Waals surface area contributed by atoms with Crippen LogP contribution in [0.5, 0.6) is 0 Å². The van der Waals surface area contributed by atoms with Crippen molar-refractivity contribution in [2.24, 2.45) is 0 Å². The average Bonchev–Trinajstić information content (AvgIpc) is 2.30. The monoisotopic (exact) mass is 208 g/mol. The molecule has 0 aromatic heterocycles. The highest BCUT2D eigenvalue weighted by Gasteiger charge is 1.99. The van der Waals surface area contributed by atoms with E-state index in [0.717, 1.165) is 12.8 Å². The molecule has 1 rings (SSSR count). The van der Waals surface area contributed by atoms with Gasteiger partial charge in [0.15, 0.2) is 0 Å². The third kappa shape index (κ3) is 6.29. The lowest BCUT2D eigenvalue weighted by Gasteiger charge is -2.08. The Morgan fingerprint density at radius 1 is 1.13 bits per heavy atom. The minimum atomic E-state index is 0.362. The molecule has 1 unspecified atom stereocenters. The van der Waals surface area contributed by atoms with E-state index in [2.05, 4.69) is 38.1 Å². The summed E-state index contributed by atoms with van der Waals surface area (Å²) in [5, 5.41) is 0. The summed E-state index contributed by atoms with van der Waals surface area (Å²) in [6.07, 6.45) is 2.57. The number of rotatable bonds is 4. The van der Waals surface area contributed by atoms with Gasteiger partial charge < -0.3 is 4.74 Å². The molecule has 0 saturated heterocycles. The zero-order valence-electron chi connectivity index (χ0n) is 10.7. The number of hydrogen-bond donors (Lipinski definition) is 0. The largest absolute Gasteiger partial charge is 0.382 e. The van der Waals surface area contributed by atoms with Gasteiger partial charge in [-0.05, 0) is 32.3 Å². The molecule has 0 N–H and O–H groups in total. The highest BCUT2D eigenvalue weighted by atomic mass is 16.5. The van der Waals surface area contributed by atoms with Crippen molar-refractivity contribution in [2.45, 2.75) is 46.6 Å². The lowest BCUT2D eigenvalue weighted by molar-refractivity contribution is 0.111. The molecular weight excluding hydrogens is 184 g/mol.